The summed E-state index contributed by atoms with van der Waals surface area (Å²) in [7, 11) is 0. The molecule has 1 aromatic carbocycles. The fourth-order valence-corrected chi connectivity index (χ4v) is 4.81. The van der Waals surface area contributed by atoms with Crippen LogP contribution in [0.5, 0.6) is 0 Å². The monoisotopic (exact) mass is 533 g/mol. The molecule has 1 saturated carbocycles. The Morgan fingerprint density at radius 2 is 1.68 bits per heavy atom. The Balaban J connectivity index is 0.00000107. The molecule has 0 aromatic heterocycles. The Morgan fingerprint density at radius 3 is 2.18 bits per heavy atom. The zero-order valence-corrected chi connectivity index (χ0v) is 25.0. The molecule has 2 rings (SSSR count). The lowest BCUT2D eigenvalue weighted by molar-refractivity contribution is -0.160. The van der Waals surface area contributed by atoms with Gasteiger partial charge in [-0.15, -0.1) is 0 Å². The molecule has 1 aliphatic rings. The van der Waals surface area contributed by atoms with Crippen molar-refractivity contribution in [2.24, 2.45) is 23.7 Å². The maximum Gasteiger partial charge on any atom is 0.407 e. The predicted molar refractivity (Wildman–Crippen MR) is 151 cm³/mol. The summed E-state index contributed by atoms with van der Waals surface area (Å²) in [5.74, 6) is 0.801. The van der Waals surface area contributed by atoms with Gasteiger partial charge in [0.2, 0.25) is 0 Å². The van der Waals surface area contributed by atoms with Gasteiger partial charge in [-0.3, -0.25) is 9.59 Å². The van der Waals surface area contributed by atoms with Crippen molar-refractivity contribution >= 4 is 18.0 Å². The van der Waals surface area contributed by atoms with E-state index in [2.05, 4.69) is 30.8 Å². The molecule has 1 aliphatic carbocycles. The second-order valence-corrected chi connectivity index (χ2v) is 11.9. The third-order valence-electron chi connectivity index (χ3n) is 6.66. The van der Waals surface area contributed by atoms with Crippen molar-refractivity contribution in [3.8, 4) is 0 Å². The van der Waals surface area contributed by atoms with Gasteiger partial charge in [0.1, 0.15) is 11.7 Å². The van der Waals surface area contributed by atoms with Crippen molar-refractivity contribution in [3.05, 3.63) is 35.9 Å². The normalized spacial score (nSPS) is 20.8. The number of ether oxygens (including phenoxy) is 3. The van der Waals surface area contributed by atoms with Crippen molar-refractivity contribution in [2.45, 2.75) is 112 Å². The average Bonchev–Trinajstić information content (AvgIpc) is 2.78. The predicted octanol–water partition coefficient (Wildman–Crippen LogP) is 6.72. The van der Waals surface area contributed by atoms with Gasteiger partial charge in [-0.25, -0.2) is 4.79 Å². The molecule has 5 atom stereocenters. The summed E-state index contributed by atoms with van der Waals surface area (Å²) >= 11 is 0. The van der Waals surface area contributed by atoms with Crippen LogP contribution in [-0.4, -0.2) is 42.4 Å². The SMILES string of the molecule is CC(C)[C@@H]1CC[C@@H](C)C[C@H]1OC(=O)[C@@H](C)C[C@H](Cc1ccccc1)NC(=O)OC(C)(C)C.CCOC(C)=O. The van der Waals surface area contributed by atoms with E-state index in [0.717, 1.165) is 18.4 Å². The molecule has 7 nitrogen and oxygen atoms in total. The first-order valence-corrected chi connectivity index (χ1v) is 14.1. The maximum absolute atomic E-state index is 13.0. The lowest BCUT2D eigenvalue weighted by Gasteiger charge is -2.37. The summed E-state index contributed by atoms with van der Waals surface area (Å²) in [5, 5.41) is 2.98. The molecule has 0 spiro atoms. The number of alkyl carbamates (subject to hydrolysis) is 1. The van der Waals surface area contributed by atoms with Crippen LogP contribution in [0.2, 0.25) is 0 Å². The zero-order chi connectivity index (χ0) is 28.9. The molecule has 0 bridgehead atoms. The van der Waals surface area contributed by atoms with Gasteiger partial charge in [-0.2, -0.15) is 0 Å². The van der Waals surface area contributed by atoms with Gasteiger partial charge in [0.15, 0.2) is 0 Å². The Bertz CT molecular complexity index is 848. The van der Waals surface area contributed by atoms with Gasteiger partial charge in [0.25, 0.3) is 0 Å². The molecule has 1 amide bonds. The van der Waals surface area contributed by atoms with Crippen molar-refractivity contribution in [2.75, 3.05) is 6.61 Å². The van der Waals surface area contributed by atoms with Crippen LogP contribution in [0.3, 0.4) is 0 Å². The lowest BCUT2D eigenvalue weighted by Crippen LogP contribution is -2.42. The molecule has 216 valence electrons. The highest BCUT2D eigenvalue weighted by Crippen LogP contribution is 2.36. The van der Waals surface area contributed by atoms with E-state index in [1.54, 1.807) is 6.92 Å². The highest BCUT2D eigenvalue weighted by molar-refractivity contribution is 5.73. The fourth-order valence-electron chi connectivity index (χ4n) is 4.81. The summed E-state index contributed by atoms with van der Waals surface area (Å²) in [6.45, 7) is 17.7. The van der Waals surface area contributed by atoms with E-state index in [4.69, 9.17) is 9.47 Å². The van der Waals surface area contributed by atoms with Crippen molar-refractivity contribution in [1.82, 2.24) is 5.32 Å². The summed E-state index contributed by atoms with van der Waals surface area (Å²) in [4.78, 5) is 35.3. The van der Waals surface area contributed by atoms with E-state index >= 15 is 0 Å². The molecule has 1 N–H and O–H groups in total. The first kappa shape index (κ1) is 33.5. The number of hydrogen-bond donors (Lipinski definition) is 1. The molecule has 0 aliphatic heterocycles. The van der Waals surface area contributed by atoms with Crippen molar-refractivity contribution in [3.63, 3.8) is 0 Å². The van der Waals surface area contributed by atoms with Crippen LogP contribution in [0.4, 0.5) is 4.79 Å². The minimum atomic E-state index is -0.574. The zero-order valence-electron chi connectivity index (χ0n) is 25.0. The smallest absolute Gasteiger partial charge is 0.407 e. The number of carbonyl (C=O) groups excluding carboxylic acids is 3. The van der Waals surface area contributed by atoms with E-state index in [-0.39, 0.29) is 30.0 Å². The van der Waals surface area contributed by atoms with Crippen LogP contribution in [0.25, 0.3) is 0 Å². The number of rotatable bonds is 9. The summed E-state index contributed by atoms with van der Waals surface area (Å²) in [5.41, 5.74) is 0.533. The lowest BCUT2D eigenvalue weighted by atomic mass is 9.75. The molecule has 38 heavy (non-hydrogen) atoms. The fraction of sp³-hybridized carbons (Fsp3) is 0.710. The van der Waals surface area contributed by atoms with E-state index in [9.17, 15) is 14.4 Å². The van der Waals surface area contributed by atoms with E-state index in [1.165, 1.54) is 13.3 Å². The molecule has 0 unspecified atom stereocenters. The minimum Gasteiger partial charge on any atom is -0.466 e. The first-order chi connectivity index (χ1) is 17.7. The van der Waals surface area contributed by atoms with Crippen LogP contribution in [-0.2, 0) is 30.2 Å². The Labute approximate surface area is 230 Å². The quantitative estimate of drug-likeness (QED) is 0.280. The van der Waals surface area contributed by atoms with Gasteiger partial charge in [0.05, 0.1) is 12.5 Å². The Kier molecular flexibility index (Phi) is 14.4. The number of esters is 2. The summed E-state index contributed by atoms with van der Waals surface area (Å²) < 4.78 is 15.9. The molecular weight excluding hydrogens is 482 g/mol. The number of hydrogen-bond acceptors (Lipinski definition) is 6. The number of amides is 1. The number of carbonyl (C=O) groups is 3. The van der Waals surface area contributed by atoms with Crippen LogP contribution >= 0.6 is 0 Å². The molecule has 0 radical (unpaired) electrons. The summed E-state index contributed by atoms with van der Waals surface area (Å²) in [6, 6.07) is 9.77. The first-order valence-electron chi connectivity index (χ1n) is 14.1. The van der Waals surface area contributed by atoms with E-state index < -0.39 is 11.7 Å². The van der Waals surface area contributed by atoms with Crippen molar-refractivity contribution < 1.29 is 28.6 Å². The minimum absolute atomic E-state index is 0.0138. The van der Waals surface area contributed by atoms with Crippen LogP contribution in [0.15, 0.2) is 30.3 Å². The molecule has 0 heterocycles. The highest BCUT2D eigenvalue weighted by atomic mass is 16.6. The topological polar surface area (TPSA) is 90.9 Å². The second-order valence-electron chi connectivity index (χ2n) is 11.9. The van der Waals surface area contributed by atoms with Crippen LogP contribution in [0, 0.1) is 23.7 Å². The van der Waals surface area contributed by atoms with Gasteiger partial charge in [-0.1, -0.05) is 64.4 Å². The standard InChI is InChI=1S/C27H43NO4.C4H8O2/c1-18(2)23-14-13-19(3)15-24(23)31-25(29)20(4)16-22(17-21-11-9-8-10-12-21)28-26(30)32-27(5,6)7;1-3-6-4(2)5/h8-12,18-20,22-24H,13-17H2,1-7H3,(H,28,30);3H2,1-2H3/t19-,20+,22-,23+,24-;/m1./s1. The van der Waals surface area contributed by atoms with E-state index in [0.29, 0.717) is 37.2 Å². The third kappa shape index (κ3) is 13.8. The maximum atomic E-state index is 13.0. The highest BCUT2D eigenvalue weighted by Gasteiger charge is 2.35. The third-order valence-corrected chi connectivity index (χ3v) is 6.66. The van der Waals surface area contributed by atoms with Gasteiger partial charge in [0, 0.05) is 13.0 Å². The van der Waals surface area contributed by atoms with E-state index in [1.807, 2.05) is 58.0 Å². The molecular formula is C31H51NO6. The average molecular weight is 534 g/mol. The largest absolute Gasteiger partial charge is 0.466 e. The summed E-state index contributed by atoms with van der Waals surface area (Å²) in [6.07, 6.45) is 3.91. The van der Waals surface area contributed by atoms with Gasteiger partial charge >= 0.3 is 18.0 Å². The number of nitrogens with one attached hydrogen (secondary N) is 1. The Hall–Kier alpha value is -2.57. The molecule has 1 fully saturated rings. The molecule has 7 heteroatoms. The van der Waals surface area contributed by atoms with Gasteiger partial charge in [-0.05, 0) is 76.7 Å². The second kappa shape index (κ2) is 16.4. The van der Waals surface area contributed by atoms with Crippen LogP contribution < -0.4 is 5.32 Å². The number of benzene rings is 1. The van der Waals surface area contributed by atoms with Gasteiger partial charge < -0.3 is 19.5 Å². The van der Waals surface area contributed by atoms with Crippen molar-refractivity contribution in [1.29, 1.82) is 0 Å². The molecule has 0 saturated heterocycles. The van der Waals surface area contributed by atoms with Crippen LogP contribution in [0.1, 0.15) is 93.6 Å². The molecule has 1 aromatic rings. The Morgan fingerprint density at radius 1 is 1.05 bits per heavy atom.